The summed E-state index contributed by atoms with van der Waals surface area (Å²) in [6.07, 6.45) is 5.86. The van der Waals surface area contributed by atoms with Gasteiger partial charge < -0.3 is 14.4 Å². The summed E-state index contributed by atoms with van der Waals surface area (Å²) in [5, 5.41) is 18.4. The van der Waals surface area contributed by atoms with Gasteiger partial charge in [0.2, 0.25) is 0 Å². The van der Waals surface area contributed by atoms with Crippen molar-refractivity contribution < 1.29 is 14.3 Å². The molecule has 0 aromatic carbocycles. The SMILES string of the molecule is CC(C)CCn1cc(C(=O)N2CCCC2CC(O)c2ccco2)nn1. The van der Waals surface area contributed by atoms with E-state index in [-0.39, 0.29) is 11.9 Å². The van der Waals surface area contributed by atoms with Gasteiger partial charge in [-0.25, -0.2) is 0 Å². The van der Waals surface area contributed by atoms with Gasteiger partial charge in [-0.15, -0.1) is 5.10 Å². The minimum absolute atomic E-state index is 0.00610. The van der Waals surface area contributed by atoms with Gasteiger partial charge in [-0.05, 0) is 37.3 Å². The summed E-state index contributed by atoms with van der Waals surface area (Å²) >= 11 is 0. The molecule has 0 radical (unpaired) electrons. The molecule has 0 saturated carbocycles. The second kappa shape index (κ2) is 7.82. The van der Waals surface area contributed by atoms with Crippen LogP contribution in [0.15, 0.2) is 29.0 Å². The number of aromatic nitrogens is 3. The van der Waals surface area contributed by atoms with E-state index in [0.717, 1.165) is 25.8 Å². The first kappa shape index (κ1) is 17.7. The summed E-state index contributed by atoms with van der Waals surface area (Å²) in [7, 11) is 0. The first-order valence-corrected chi connectivity index (χ1v) is 8.97. The lowest BCUT2D eigenvalue weighted by Crippen LogP contribution is -2.36. The summed E-state index contributed by atoms with van der Waals surface area (Å²) in [6.45, 7) is 5.76. The van der Waals surface area contributed by atoms with Crippen LogP contribution in [0.1, 0.15) is 61.9 Å². The summed E-state index contributed by atoms with van der Waals surface area (Å²) < 4.78 is 6.99. The summed E-state index contributed by atoms with van der Waals surface area (Å²) in [6, 6.07) is 3.51. The fourth-order valence-corrected chi connectivity index (χ4v) is 3.25. The lowest BCUT2D eigenvalue weighted by Gasteiger charge is -2.25. The average Bonchev–Trinajstić information content (AvgIpc) is 3.32. The molecule has 1 saturated heterocycles. The molecule has 2 atom stereocenters. The van der Waals surface area contributed by atoms with E-state index in [1.165, 1.54) is 0 Å². The topological polar surface area (TPSA) is 84.4 Å². The lowest BCUT2D eigenvalue weighted by atomic mass is 10.0. The number of nitrogens with zero attached hydrogens (tertiary/aromatic N) is 4. The van der Waals surface area contributed by atoms with Crippen LogP contribution >= 0.6 is 0 Å². The number of furan rings is 1. The molecule has 2 aromatic rings. The Bertz CT molecular complexity index is 680. The number of aliphatic hydroxyl groups excluding tert-OH is 1. The first-order chi connectivity index (χ1) is 12.0. The fourth-order valence-electron chi connectivity index (χ4n) is 3.25. The van der Waals surface area contributed by atoms with Gasteiger partial charge in [0.15, 0.2) is 5.69 Å². The van der Waals surface area contributed by atoms with Crippen molar-refractivity contribution in [2.75, 3.05) is 6.54 Å². The highest BCUT2D eigenvalue weighted by molar-refractivity contribution is 5.92. The zero-order valence-corrected chi connectivity index (χ0v) is 14.8. The van der Waals surface area contributed by atoms with Gasteiger partial charge in [-0.1, -0.05) is 19.1 Å². The van der Waals surface area contributed by atoms with Crippen LogP contribution in [0.3, 0.4) is 0 Å². The van der Waals surface area contributed by atoms with Gasteiger partial charge in [0.05, 0.1) is 12.5 Å². The average molecular weight is 346 g/mol. The van der Waals surface area contributed by atoms with Crippen molar-refractivity contribution in [2.24, 2.45) is 5.92 Å². The van der Waals surface area contributed by atoms with Gasteiger partial charge >= 0.3 is 0 Å². The number of carbonyl (C=O) groups excluding carboxylic acids is 1. The van der Waals surface area contributed by atoms with Crippen LogP contribution in [0.4, 0.5) is 0 Å². The third-order valence-corrected chi connectivity index (χ3v) is 4.70. The van der Waals surface area contributed by atoms with Crippen LogP contribution in [-0.2, 0) is 6.54 Å². The van der Waals surface area contributed by atoms with E-state index >= 15 is 0 Å². The van der Waals surface area contributed by atoms with Gasteiger partial charge in [0.25, 0.3) is 5.91 Å². The molecule has 1 N–H and O–H groups in total. The Kier molecular flexibility index (Phi) is 5.53. The molecule has 0 spiro atoms. The fraction of sp³-hybridized carbons (Fsp3) is 0.611. The quantitative estimate of drug-likeness (QED) is 0.833. The highest BCUT2D eigenvalue weighted by atomic mass is 16.4. The molecule has 7 nitrogen and oxygen atoms in total. The van der Waals surface area contributed by atoms with E-state index in [9.17, 15) is 9.90 Å². The van der Waals surface area contributed by atoms with Crippen LogP contribution < -0.4 is 0 Å². The number of hydrogen-bond acceptors (Lipinski definition) is 5. The number of aryl methyl sites for hydroxylation is 1. The molecule has 1 amide bonds. The number of aliphatic hydroxyl groups is 1. The maximum atomic E-state index is 12.8. The molecule has 7 heteroatoms. The van der Waals surface area contributed by atoms with Crippen molar-refractivity contribution in [1.82, 2.24) is 19.9 Å². The minimum atomic E-state index is -0.699. The predicted molar refractivity (Wildman–Crippen MR) is 91.8 cm³/mol. The lowest BCUT2D eigenvalue weighted by molar-refractivity contribution is 0.0636. The smallest absolute Gasteiger partial charge is 0.276 e. The number of rotatable bonds is 7. The van der Waals surface area contributed by atoms with Crippen molar-refractivity contribution in [2.45, 2.75) is 58.2 Å². The molecule has 2 unspecified atom stereocenters. The number of likely N-dealkylation sites (tertiary alicyclic amines) is 1. The van der Waals surface area contributed by atoms with E-state index in [4.69, 9.17) is 4.42 Å². The minimum Gasteiger partial charge on any atom is -0.467 e. The molecule has 3 rings (SSSR count). The van der Waals surface area contributed by atoms with Gasteiger partial charge in [-0.3, -0.25) is 9.48 Å². The molecular weight excluding hydrogens is 320 g/mol. The number of amides is 1. The second-order valence-corrected chi connectivity index (χ2v) is 7.11. The maximum absolute atomic E-state index is 12.8. The van der Waals surface area contributed by atoms with Crippen LogP contribution in [0.5, 0.6) is 0 Å². The normalized spacial score (nSPS) is 18.9. The van der Waals surface area contributed by atoms with E-state index in [0.29, 0.717) is 30.3 Å². The Morgan fingerprint density at radius 1 is 1.48 bits per heavy atom. The third kappa shape index (κ3) is 4.28. The Morgan fingerprint density at radius 3 is 3.04 bits per heavy atom. The standard InChI is InChI=1S/C18H26N4O3/c1-13(2)7-9-21-12-15(19-20-21)18(24)22-8-3-5-14(22)11-16(23)17-6-4-10-25-17/h4,6,10,12-14,16,23H,3,5,7-9,11H2,1-2H3. The molecule has 0 aliphatic carbocycles. The summed E-state index contributed by atoms with van der Waals surface area (Å²) in [4.78, 5) is 14.6. The van der Waals surface area contributed by atoms with Crippen LogP contribution in [0, 0.1) is 5.92 Å². The van der Waals surface area contributed by atoms with Crippen molar-refractivity contribution >= 4 is 5.91 Å². The van der Waals surface area contributed by atoms with Gasteiger partial charge in [0.1, 0.15) is 11.9 Å². The summed E-state index contributed by atoms with van der Waals surface area (Å²) in [5.41, 5.74) is 0.378. The van der Waals surface area contributed by atoms with Crippen molar-refractivity contribution in [3.8, 4) is 0 Å². The largest absolute Gasteiger partial charge is 0.467 e. The van der Waals surface area contributed by atoms with Crippen LogP contribution in [-0.4, -0.2) is 43.5 Å². The van der Waals surface area contributed by atoms with Crippen molar-refractivity contribution in [3.05, 3.63) is 36.0 Å². The molecule has 1 fully saturated rings. The van der Waals surface area contributed by atoms with Crippen LogP contribution in [0.25, 0.3) is 0 Å². The second-order valence-electron chi connectivity index (χ2n) is 7.11. The highest BCUT2D eigenvalue weighted by Crippen LogP contribution is 2.28. The van der Waals surface area contributed by atoms with E-state index in [2.05, 4.69) is 24.2 Å². The van der Waals surface area contributed by atoms with E-state index < -0.39 is 6.10 Å². The molecule has 3 heterocycles. The van der Waals surface area contributed by atoms with Gasteiger partial charge in [-0.2, -0.15) is 0 Å². The molecular formula is C18H26N4O3. The Hall–Kier alpha value is -2.15. The van der Waals surface area contributed by atoms with E-state index in [1.54, 1.807) is 29.3 Å². The van der Waals surface area contributed by atoms with Crippen molar-refractivity contribution in [1.29, 1.82) is 0 Å². The number of carbonyl (C=O) groups is 1. The van der Waals surface area contributed by atoms with Crippen LogP contribution in [0.2, 0.25) is 0 Å². The third-order valence-electron chi connectivity index (χ3n) is 4.70. The summed E-state index contributed by atoms with van der Waals surface area (Å²) in [5.74, 6) is 1.01. The highest BCUT2D eigenvalue weighted by Gasteiger charge is 2.33. The molecule has 25 heavy (non-hydrogen) atoms. The number of hydrogen-bond donors (Lipinski definition) is 1. The maximum Gasteiger partial charge on any atom is 0.276 e. The molecule has 0 bridgehead atoms. The Morgan fingerprint density at radius 2 is 2.32 bits per heavy atom. The molecule has 2 aromatic heterocycles. The zero-order valence-electron chi connectivity index (χ0n) is 14.8. The van der Waals surface area contributed by atoms with Gasteiger partial charge in [0, 0.05) is 25.6 Å². The van der Waals surface area contributed by atoms with E-state index in [1.807, 2.05) is 4.90 Å². The Balaban J connectivity index is 1.62. The Labute approximate surface area is 147 Å². The monoisotopic (exact) mass is 346 g/mol. The van der Waals surface area contributed by atoms with Crippen molar-refractivity contribution in [3.63, 3.8) is 0 Å². The predicted octanol–water partition coefficient (Wildman–Crippen LogP) is 2.65. The molecule has 136 valence electrons. The zero-order chi connectivity index (χ0) is 17.8. The first-order valence-electron chi connectivity index (χ1n) is 8.97. The molecule has 1 aliphatic heterocycles. The molecule has 1 aliphatic rings.